The molecule has 9 heteroatoms. The maximum atomic E-state index is 10.2. The summed E-state index contributed by atoms with van der Waals surface area (Å²) in [7, 11) is 3.46. The minimum Gasteiger partial charge on any atom is -0.496 e. The molecule has 166 valence electrons. The molecule has 0 heterocycles. The van der Waals surface area contributed by atoms with E-state index in [2.05, 4.69) is 35.5 Å². The highest BCUT2D eigenvalue weighted by molar-refractivity contribution is 5.71. The number of anilines is 1. The van der Waals surface area contributed by atoms with E-state index in [1.807, 2.05) is 19.2 Å². The van der Waals surface area contributed by atoms with Crippen LogP contribution < -0.4 is 16.0 Å². The Balaban J connectivity index is 0.000000316. The summed E-state index contributed by atoms with van der Waals surface area (Å²) in [6.07, 6.45) is 6.31. The third-order valence-electron chi connectivity index (χ3n) is 4.03. The summed E-state index contributed by atoms with van der Waals surface area (Å²) < 4.78 is 10.3. The fourth-order valence-corrected chi connectivity index (χ4v) is 2.65. The van der Waals surface area contributed by atoms with Gasteiger partial charge in [0, 0.05) is 31.1 Å². The summed E-state index contributed by atoms with van der Waals surface area (Å²) in [5, 5.41) is 23.1. The van der Waals surface area contributed by atoms with E-state index in [1.165, 1.54) is 0 Å². The van der Waals surface area contributed by atoms with Gasteiger partial charge in [-0.25, -0.2) is 4.79 Å². The maximum absolute atomic E-state index is 10.2. The molecule has 0 aliphatic heterocycles. The number of carbonyl (C=O) groups is 2. The number of methoxy groups -OCH3 is 1. The molecule has 1 atom stereocenters. The van der Waals surface area contributed by atoms with Gasteiger partial charge in [-0.3, -0.25) is 10.2 Å². The number of hydrogen-bond acceptors (Lipinski definition) is 6. The van der Waals surface area contributed by atoms with Crippen LogP contribution in [0.3, 0.4) is 0 Å². The number of likely N-dealkylation sites (N-methyl/N-ethyl adjacent to an activating group) is 1. The molecule has 5 N–H and O–H groups in total. The van der Waals surface area contributed by atoms with E-state index in [9.17, 15) is 9.59 Å². The van der Waals surface area contributed by atoms with Crippen LogP contribution in [-0.4, -0.2) is 38.2 Å². The molecular formula is C22H28N4O5. The average molecular weight is 428 g/mol. The minimum absolute atomic E-state index is 0.224. The van der Waals surface area contributed by atoms with Crippen molar-refractivity contribution < 1.29 is 24.2 Å². The average Bonchev–Trinajstić information content (AvgIpc) is 2.91. The lowest BCUT2D eigenvalue weighted by molar-refractivity contribution is -0.105. The topological polar surface area (TPSA) is 133 Å². The number of carboxylic acid groups (broad SMARTS) is 1. The maximum Gasteiger partial charge on any atom is 0.404 e. The van der Waals surface area contributed by atoms with E-state index < -0.39 is 6.09 Å². The Hall–Kier alpha value is -4.01. The Morgan fingerprint density at radius 2 is 2.10 bits per heavy atom. The summed E-state index contributed by atoms with van der Waals surface area (Å²) in [6.45, 7) is 6.07. The van der Waals surface area contributed by atoms with Crippen molar-refractivity contribution in [2.75, 3.05) is 19.5 Å². The highest BCUT2D eigenvalue weighted by Crippen LogP contribution is 2.26. The lowest BCUT2D eigenvalue weighted by Gasteiger charge is -2.12. The van der Waals surface area contributed by atoms with Gasteiger partial charge in [-0.1, -0.05) is 37.8 Å². The number of allylic oxidation sites excluding steroid dienone is 3. The molecule has 0 bridgehead atoms. The van der Waals surface area contributed by atoms with Crippen LogP contribution in [0.4, 0.5) is 10.5 Å². The van der Waals surface area contributed by atoms with Crippen molar-refractivity contribution in [3.63, 3.8) is 0 Å². The Morgan fingerprint density at radius 3 is 2.68 bits per heavy atom. The van der Waals surface area contributed by atoms with Crippen LogP contribution in [0.2, 0.25) is 0 Å². The van der Waals surface area contributed by atoms with Crippen molar-refractivity contribution in [2.45, 2.75) is 13.5 Å². The van der Waals surface area contributed by atoms with E-state index in [-0.39, 0.29) is 12.5 Å². The Kier molecular flexibility index (Phi) is 10.7. The molecule has 0 spiro atoms. The highest BCUT2D eigenvalue weighted by atomic mass is 16.5. The van der Waals surface area contributed by atoms with E-state index in [0.717, 1.165) is 23.2 Å². The van der Waals surface area contributed by atoms with Crippen molar-refractivity contribution in [1.82, 2.24) is 10.6 Å². The number of hydrogen-bond donors (Lipinski definition) is 5. The predicted octanol–water partition coefficient (Wildman–Crippen LogP) is 3.36. The van der Waals surface area contributed by atoms with Gasteiger partial charge in [0.25, 0.3) is 0 Å². The SMILES string of the molecule is C=C(OC=N)C1=CC(C)C=C(NC)C=C1OC.O=CNc1cccc(CNC(=O)O)c1. The van der Waals surface area contributed by atoms with Gasteiger partial charge in [0.2, 0.25) is 6.41 Å². The van der Waals surface area contributed by atoms with Crippen molar-refractivity contribution in [1.29, 1.82) is 5.41 Å². The summed E-state index contributed by atoms with van der Waals surface area (Å²) in [5.41, 5.74) is 3.18. The zero-order valence-corrected chi connectivity index (χ0v) is 17.8. The van der Waals surface area contributed by atoms with Gasteiger partial charge in [-0.2, -0.15) is 0 Å². The summed E-state index contributed by atoms with van der Waals surface area (Å²) >= 11 is 0. The van der Waals surface area contributed by atoms with Gasteiger partial charge in [0.05, 0.1) is 12.7 Å². The molecule has 0 saturated heterocycles. The molecule has 1 aliphatic rings. The molecule has 0 saturated carbocycles. The van der Waals surface area contributed by atoms with E-state index >= 15 is 0 Å². The van der Waals surface area contributed by atoms with Crippen LogP contribution in [0.25, 0.3) is 0 Å². The number of rotatable bonds is 9. The molecule has 1 aromatic carbocycles. The Morgan fingerprint density at radius 1 is 1.35 bits per heavy atom. The smallest absolute Gasteiger partial charge is 0.404 e. The molecule has 0 aromatic heterocycles. The Bertz CT molecular complexity index is 890. The van der Waals surface area contributed by atoms with Crippen LogP contribution in [0.15, 0.2) is 71.9 Å². The molecule has 1 unspecified atom stereocenters. The number of nitrogens with one attached hydrogen (secondary N) is 4. The molecule has 2 amide bonds. The third-order valence-corrected chi connectivity index (χ3v) is 4.03. The number of benzene rings is 1. The molecule has 31 heavy (non-hydrogen) atoms. The first-order valence-electron chi connectivity index (χ1n) is 9.32. The van der Waals surface area contributed by atoms with Gasteiger partial charge < -0.3 is 30.5 Å². The summed E-state index contributed by atoms with van der Waals surface area (Å²) in [4.78, 5) is 20.3. The second kappa shape index (κ2) is 13.3. The Labute approximate surface area is 181 Å². The van der Waals surface area contributed by atoms with Crippen molar-refractivity contribution in [3.8, 4) is 0 Å². The van der Waals surface area contributed by atoms with Crippen LogP contribution in [0.5, 0.6) is 0 Å². The standard InChI is InChI=1S/C13H18N2O2.C9H10N2O3/c1-9-5-11(15-3)7-13(16-4)12(6-9)10(2)17-8-14;12-6-11-8-3-1-2-7(4-8)5-10-9(13)14/h5-9,14-15H,2H2,1,3-4H3;1-4,6,10H,5H2,(H,11,12)(H,13,14). The molecule has 1 aromatic rings. The number of carbonyl (C=O) groups excluding carboxylic acids is 1. The first-order chi connectivity index (χ1) is 14.8. The fraction of sp³-hybridized carbons (Fsp3) is 0.227. The lowest BCUT2D eigenvalue weighted by atomic mass is 10.1. The summed E-state index contributed by atoms with van der Waals surface area (Å²) in [6, 6.07) is 6.93. The number of ether oxygens (including phenoxy) is 2. The second-order valence-electron chi connectivity index (χ2n) is 6.30. The van der Waals surface area contributed by atoms with Gasteiger partial charge in [-0.05, 0) is 23.6 Å². The highest BCUT2D eigenvalue weighted by Gasteiger charge is 2.16. The van der Waals surface area contributed by atoms with Crippen molar-refractivity contribution >= 4 is 24.6 Å². The zero-order valence-electron chi connectivity index (χ0n) is 17.8. The quantitative estimate of drug-likeness (QED) is 0.177. The zero-order chi connectivity index (χ0) is 23.2. The third kappa shape index (κ3) is 8.90. The predicted molar refractivity (Wildman–Crippen MR) is 119 cm³/mol. The first kappa shape index (κ1) is 25.0. The van der Waals surface area contributed by atoms with Crippen LogP contribution in [-0.2, 0) is 20.8 Å². The summed E-state index contributed by atoms with van der Waals surface area (Å²) in [5.74, 6) is 1.30. The fourth-order valence-electron chi connectivity index (χ4n) is 2.65. The lowest BCUT2D eigenvalue weighted by Crippen LogP contribution is -2.19. The van der Waals surface area contributed by atoms with E-state index in [1.54, 1.807) is 31.4 Å². The van der Waals surface area contributed by atoms with Crippen LogP contribution in [0.1, 0.15) is 12.5 Å². The van der Waals surface area contributed by atoms with Gasteiger partial charge in [-0.15, -0.1) is 0 Å². The van der Waals surface area contributed by atoms with E-state index in [4.69, 9.17) is 20.0 Å². The monoisotopic (exact) mass is 428 g/mol. The minimum atomic E-state index is -1.07. The molecule has 0 fully saturated rings. The van der Waals surface area contributed by atoms with Crippen LogP contribution in [0, 0.1) is 11.3 Å². The van der Waals surface area contributed by atoms with Crippen LogP contribution >= 0.6 is 0 Å². The second-order valence-corrected chi connectivity index (χ2v) is 6.30. The van der Waals surface area contributed by atoms with E-state index in [0.29, 0.717) is 23.6 Å². The number of amides is 2. The molecular weight excluding hydrogens is 400 g/mol. The van der Waals surface area contributed by atoms with Gasteiger partial charge >= 0.3 is 6.09 Å². The largest absolute Gasteiger partial charge is 0.496 e. The molecule has 9 nitrogen and oxygen atoms in total. The van der Waals surface area contributed by atoms with Crippen molar-refractivity contribution in [3.05, 3.63) is 77.4 Å². The first-order valence-corrected chi connectivity index (χ1v) is 9.32. The molecule has 0 radical (unpaired) electrons. The van der Waals surface area contributed by atoms with Gasteiger partial charge in [0.1, 0.15) is 11.5 Å². The van der Waals surface area contributed by atoms with Gasteiger partial charge in [0.15, 0.2) is 6.40 Å². The molecule has 2 rings (SSSR count). The normalized spacial score (nSPS) is 14.7. The van der Waals surface area contributed by atoms with Crippen molar-refractivity contribution in [2.24, 2.45) is 5.92 Å². The molecule has 1 aliphatic carbocycles.